The summed E-state index contributed by atoms with van der Waals surface area (Å²) in [7, 11) is 1.83. The van der Waals surface area contributed by atoms with Crippen molar-refractivity contribution in [3.63, 3.8) is 0 Å². The highest BCUT2D eigenvalue weighted by Crippen LogP contribution is 2.19. The minimum Gasteiger partial charge on any atom is -0.469 e. The van der Waals surface area contributed by atoms with Gasteiger partial charge in [0.15, 0.2) is 5.96 Å². The molecular weight excluding hydrogens is 338 g/mol. The van der Waals surface area contributed by atoms with Gasteiger partial charge in [0.25, 0.3) is 0 Å². The number of hydrogen-bond donors (Lipinski definition) is 3. The molecule has 7 nitrogen and oxygen atoms in total. The Kier molecular flexibility index (Phi) is 7.39. The zero-order valence-electron chi connectivity index (χ0n) is 15.0. The van der Waals surface area contributed by atoms with Gasteiger partial charge < -0.3 is 20.2 Å². The van der Waals surface area contributed by atoms with Gasteiger partial charge >= 0.3 is 0 Å². The predicted octanol–water partition coefficient (Wildman–Crippen LogP) is 1.36. The van der Waals surface area contributed by atoms with Gasteiger partial charge in [-0.05, 0) is 25.3 Å². The lowest BCUT2D eigenvalue weighted by atomic mass is 10.0. The average Bonchev–Trinajstić information content (AvgIpc) is 3.24. The molecule has 0 spiro atoms. The van der Waals surface area contributed by atoms with E-state index in [1.807, 2.05) is 19.2 Å². The summed E-state index contributed by atoms with van der Waals surface area (Å²) < 4.78 is 7.01. The van der Waals surface area contributed by atoms with E-state index in [0.717, 1.165) is 30.0 Å². The van der Waals surface area contributed by atoms with Crippen LogP contribution in [0.25, 0.3) is 0 Å². The number of hydrogen-bond acceptors (Lipinski definition) is 5. The van der Waals surface area contributed by atoms with Crippen LogP contribution in [0.5, 0.6) is 0 Å². The highest BCUT2D eigenvalue weighted by Gasteiger charge is 2.24. The van der Waals surface area contributed by atoms with Gasteiger partial charge in [0, 0.05) is 44.1 Å². The third-order valence-corrected chi connectivity index (χ3v) is 4.33. The molecule has 2 rings (SSSR count). The van der Waals surface area contributed by atoms with Crippen LogP contribution >= 0.6 is 11.8 Å². The first-order valence-corrected chi connectivity index (χ1v) is 9.65. The van der Waals surface area contributed by atoms with Crippen LogP contribution in [0.15, 0.2) is 40.2 Å². The summed E-state index contributed by atoms with van der Waals surface area (Å²) in [5.41, 5.74) is -0.318. The molecule has 2 aromatic rings. The monoisotopic (exact) mass is 365 g/mol. The maximum Gasteiger partial charge on any atom is 0.191 e. The summed E-state index contributed by atoms with van der Waals surface area (Å²) in [6.45, 7) is 3.50. The molecule has 0 bridgehead atoms. The normalized spacial score (nSPS) is 14.3. The Bertz CT molecular complexity index is 652. The molecule has 1 unspecified atom stereocenters. The maximum absolute atomic E-state index is 10.7. The van der Waals surface area contributed by atoms with Gasteiger partial charge in [-0.2, -0.15) is 16.9 Å². The van der Waals surface area contributed by atoms with Crippen molar-refractivity contribution in [1.29, 1.82) is 0 Å². The fraction of sp³-hybridized carbons (Fsp3) is 0.529. The first kappa shape index (κ1) is 19.4. The lowest BCUT2D eigenvalue weighted by Gasteiger charge is -2.20. The Morgan fingerprint density at radius 2 is 2.24 bits per heavy atom. The molecule has 0 aliphatic carbocycles. The number of aryl methyl sites for hydroxylation is 1. The number of rotatable bonds is 9. The van der Waals surface area contributed by atoms with Crippen LogP contribution in [0.3, 0.4) is 0 Å². The van der Waals surface area contributed by atoms with Crippen molar-refractivity contribution in [2.45, 2.75) is 18.9 Å². The van der Waals surface area contributed by atoms with Gasteiger partial charge in [-0.25, -0.2) is 4.99 Å². The molecule has 8 heteroatoms. The van der Waals surface area contributed by atoms with Gasteiger partial charge in [-0.3, -0.25) is 4.68 Å². The molecule has 1 atom stereocenters. The molecule has 25 heavy (non-hydrogen) atoms. The molecule has 2 aromatic heterocycles. The Morgan fingerprint density at radius 3 is 2.88 bits per heavy atom. The van der Waals surface area contributed by atoms with Gasteiger partial charge in [0.05, 0.1) is 19.0 Å². The van der Waals surface area contributed by atoms with Crippen molar-refractivity contribution >= 4 is 17.7 Å². The van der Waals surface area contributed by atoms with Crippen molar-refractivity contribution in [2.24, 2.45) is 12.0 Å². The van der Waals surface area contributed by atoms with E-state index in [1.54, 1.807) is 42.0 Å². The van der Waals surface area contributed by atoms with Gasteiger partial charge in [0.1, 0.15) is 11.4 Å². The molecule has 0 radical (unpaired) electrons. The number of aromatic nitrogens is 2. The van der Waals surface area contributed by atoms with E-state index >= 15 is 0 Å². The van der Waals surface area contributed by atoms with E-state index in [4.69, 9.17) is 4.42 Å². The summed E-state index contributed by atoms with van der Waals surface area (Å²) in [4.78, 5) is 4.54. The zero-order chi connectivity index (χ0) is 18.1. The summed E-state index contributed by atoms with van der Waals surface area (Å²) in [5, 5.41) is 21.3. The summed E-state index contributed by atoms with van der Waals surface area (Å²) in [6, 6.07) is 3.83. The maximum atomic E-state index is 10.7. The molecule has 2 heterocycles. The van der Waals surface area contributed by atoms with Crippen molar-refractivity contribution in [1.82, 2.24) is 20.4 Å². The second-order valence-corrected chi connectivity index (χ2v) is 7.00. The van der Waals surface area contributed by atoms with E-state index in [0.29, 0.717) is 12.5 Å². The van der Waals surface area contributed by atoms with Crippen LogP contribution in [0.1, 0.15) is 18.2 Å². The minimum absolute atomic E-state index is 0.244. The van der Waals surface area contributed by atoms with Crippen molar-refractivity contribution in [3.05, 3.63) is 42.1 Å². The van der Waals surface area contributed by atoms with Crippen LogP contribution < -0.4 is 10.6 Å². The third kappa shape index (κ3) is 6.47. The number of nitrogens with one attached hydrogen (secondary N) is 2. The van der Waals surface area contributed by atoms with E-state index in [9.17, 15) is 5.11 Å². The third-order valence-electron chi connectivity index (χ3n) is 3.71. The van der Waals surface area contributed by atoms with Crippen LogP contribution in [0.2, 0.25) is 0 Å². The van der Waals surface area contributed by atoms with E-state index in [2.05, 4.69) is 27.0 Å². The summed E-state index contributed by atoms with van der Waals surface area (Å²) in [6.07, 6.45) is 7.98. The number of nitrogens with zero attached hydrogens (tertiary/aromatic N) is 3. The number of thioether (sulfide) groups is 1. The number of aliphatic imine (C=N–C) groups is 1. The van der Waals surface area contributed by atoms with E-state index < -0.39 is 5.60 Å². The van der Waals surface area contributed by atoms with E-state index in [-0.39, 0.29) is 6.54 Å². The smallest absolute Gasteiger partial charge is 0.191 e. The predicted molar refractivity (Wildman–Crippen MR) is 102 cm³/mol. The molecule has 0 saturated heterocycles. The number of furan rings is 1. The lowest BCUT2D eigenvalue weighted by Crippen LogP contribution is -2.40. The highest BCUT2D eigenvalue weighted by atomic mass is 32.2. The molecule has 0 amide bonds. The van der Waals surface area contributed by atoms with Crippen LogP contribution in [-0.4, -0.2) is 52.5 Å². The zero-order valence-corrected chi connectivity index (χ0v) is 15.8. The molecular formula is C17H27N5O2S. The Morgan fingerprint density at radius 1 is 1.44 bits per heavy atom. The molecule has 0 saturated carbocycles. The Balaban J connectivity index is 1.93. The van der Waals surface area contributed by atoms with Gasteiger partial charge in [-0.15, -0.1) is 0 Å². The first-order chi connectivity index (χ1) is 12.0. The molecule has 3 N–H and O–H groups in total. The topological polar surface area (TPSA) is 87.6 Å². The SMILES string of the molecule is CSCCNC(=NCC(C)(O)c1cnn(C)c1)NCCc1ccco1. The van der Waals surface area contributed by atoms with Crippen molar-refractivity contribution in [2.75, 3.05) is 31.6 Å². The first-order valence-electron chi connectivity index (χ1n) is 8.26. The molecule has 138 valence electrons. The second-order valence-electron chi connectivity index (χ2n) is 6.02. The van der Waals surface area contributed by atoms with Crippen molar-refractivity contribution in [3.8, 4) is 0 Å². The highest BCUT2D eigenvalue weighted by molar-refractivity contribution is 7.98. The molecule has 0 fully saturated rings. The Hall–Kier alpha value is -1.93. The second kappa shape index (κ2) is 9.53. The lowest BCUT2D eigenvalue weighted by molar-refractivity contribution is 0.0672. The van der Waals surface area contributed by atoms with Crippen LogP contribution in [0, 0.1) is 0 Å². The van der Waals surface area contributed by atoms with Gasteiger partial charge in [0.2, 0.25) is 0 Å². The fourth-order valence-corrected chi connectivity index (χ4v) is 2.53. The average molecular weight is 366 g/mol. The van der Waals surface area contributed by atoms with Crippen molar-refractivity contribution < 1.29 is 9.52 Å². The quantitative estimate of drug-likeness (QED) is 0.353. The van der Waals surface area contributed by atoms with Gasteiger partial charge in [-0.1, -0.05) is 0 Å². The summed E-state index contributed by atoms with van der Waals surface area (Å²) in [5.74, 6) is 2.60. The Labute approximate surface area is 152 Å². The minimum atomic E-state index is -1.07. The van der Waals surface area contributed by atoms with Crippen LogP contribution in [0.4, 0.5) is 0 Å². The summed E-state index contributed by atoms with van der Waals surface area (Å²) >= 11 is 1.77. The van der Waals surface area contributed by atoms with Crippen LogP contribution in [-0.2, 0) is 19.1 Å². The molecule has 0 aliphatic heterocycles. The fourth-order valence-electron chi connectivity index (χ4n) is 2.23. The molecule has 0 aliphatic rings. The number of aliphatic hydroxyl groups is 1. The number of guanidine groups is 1. The molecule has 0 aromatic carbocycles. The standard InChI is InChI=1S/C17H27N5O2S/c1-17(23,14-11-21-22(2)12-14)13-20-16(19-8-10-25-3)18-7-6-15-5-4-9-24-15/h4-5,9,11-12,23H,6-8,10,13H2,1-3H3,(H2,18,19,20). The van der Waals surface area contributed by atoms with E-state index in [1.165, 1.54) is 0 Å². The largest absolute Gasteiger partial charge is 0.469 e.